The van der Waals surface area contributed by atoms with E-state index in [1.165, 1.54) is 4.90 Å². The van der Waals surface area contributed by atoms with E-state index < -0.39 is 5.97 Å². The molecule has 18 heavy (non-hydrogen) atoms. The Hall–Kier alpha value is -2.05. The van der Waals surface area contributed by atoms with Crippen LogP contribution in [-0.4, -0.2) is 51.9 Å². The van der Waals surface area contributed by atoms with Gasteiger partial charge in [-0.25, -0.2) is 4.79 Å². The van der Waals surface area contributed by atoms with Crippen LogP contribution in [0.5, 0.6) is 0 Å². The molecule has 0 unspecified atom stereocenters. The smallest absolute Gasteiger partial charge is 0.317 e. The van der Waals surface area contributed by atoms with Gasteiger partial charge in [0, 0.05) is 39.0 Å². The number of carbonyl (C=O) groups is 2. The molecule has 0 saturated carbocycles. The van der Waals surface area contributed by atoms with Gasteiger partial charge in [-0.2, -0.15) is 5.10 Å². The highest BCUT2D eigenvalue weighted by atomic mass is 16.4. The van der Waals surface area contributed by atoms with Crippen LogP contribution in [0, 0.1) is 0 Å². The molecule has 2 N–H and O–H groups in total. The molecule has 7 heteroatoms. The van der Waals surface area contributed by atoms with Crippen molar-refractivity contribution in [3.63, 3.8) is 0 Å². The molecule has 1 aromatic heterocycles. The average Bonchev–Trinajstić information content (AvgIpc) is 2.81. The van der Waals surface area contributed by atoms with Gasteiger partial charge in [-0.05, 0) is 12.5 Å². The molecule has 0 aliphatic carbocycles. The fraction of sp³-hybridized carbons (Fsp3) is 0.545. The molecule has 0 aliphatic rings. The van der Waals surface area contributed by atoms with Crippen LogP contribution in [0.3, 0.4) is 0 Å². The molecule has 0 radical (unpaired) electrons. The largest absolute Gasteiger partial charge is 0.481 e. The van der Waals surface area contributed by atoms with E-state index in [0.717, 1.165) is 0 Å². The molecule has 0 spiro atoms. The van der Waals surface area contributed by atoms with Crippen LogP contribution in [0.15, 0.2) is 18.5 Å². The third kappa shape index (κ3) is 5.33. The van der Waals surface area contributed by atoms with Gasteiger partial charge in [-0.3, -0.25) is 9.48 Å². The quantitative estimate of drug-likeness (QED) is 0.736. The van der Waals surface area contributed by atoms with Crippen molar-refractivity contribution in [2.24, 2.45) is 0 Å². The summed E-state index contributed by atoms with van der Waals surface area (Å²) >= 11 is 0. The first-order valence-electron chi connectivity index (χ1n) is 5.78. The topological polar surface area (TPSA) is 87.5 Å². The van der Waals surface area contributed by atoms with Gasteiger partial charge in [0.2, 0.25) is 0 Å². The number of aromatic nitrogens is 2. The summed E-state index contributed by atoms with van der Waals surface area (Å²) in [7, 11) is 1.64. The van der Waals surface area contributed by atoms with Crippen LogP contribution >= 0.6 is 0 Å². The summed E-state index contributed by atoms with van der Waals surface area (Å²) in [5, 5.41) is 15.2. The van der Waals surface area contributed by atoms with Crippen LogP contribution in [0.4, 0.5) is 4.79 Å². The highest BCUT2D eigenvalue weighted by molar-refractivity contribution is 5.73. The zero-order valence-electron chi connectivity index (χ0n) is 10.4. The lowest BCUT2D eigenvalue weighted by atomic mass is 10.3. The van der Waals surface area contributed by atoms with Crippen LogP contribution < -0.4 is 5.32 Å². The second kappa shape index (κ2) is 7.31. The summed E-state index contributed by atoms with van der Waals surface area (Å²) in [5.41, 5.74) is 0. The number of nitrogens with zero attached hydrogens (tertiary/aromatic N) is 3. The number of carboxylic acids is 1. The van der Waals surface area contributed by atoms with E-state index in [9.17, 15) is 9.59 Å². The summed E-state index contributed by atoms with van der Waals surface area (Å²) < 4.78 is 1.73. The third-order valence-corrected chi connectivity index (χ3v) is 2.41. The van der Waals surface area contributed by atoms with Crippen LogP contribution in [-0.2, 0) is 11.3 Å². The number of nitrogens with one attached hydrogen (secondary N) is 1. The minimum atomic E-state index is -0.845. The maximum atomic E-state index is 11.6. The lowest BCUT2D eigenvalue weighted by Crippen LogP contribution is -2.39. The molecule has 0 bridgehead atoms. The Labute approximate surface area is 105 Å². The summed E-state index contributed by atoms with van der Waals surface area (Å²) in [6, 6.07) is 1.62. The molecular formula is C11H18N4O3. The monoisotopic (exact) mass is 254 g/mol. The van der Waals surface area contributed by atoms with Gasteiger partial charge in [-0.15, -0.1) is 0 Å². The Morgan fingerprint density at radius 2 is 2.28 bits per heavy atom. The highest BCUT2D eigenvalue weighted by Gasteiger charge is 2.08. The van der Waals surface area contributed by atoms with Gasteiger partial charge in [0.15, 0.2) is 0 Å². The minimum absolute atomic E-state index is 0.0743. The SMILES string of the molecule is CN(CCCC(=O)O)C(=O)NCCn1cccn1. The van der Waals surface area contributed by atoms with E-state index >= 15 is 0 Å². The first-order chi connectivity index (χ1) is 8.59. The molecular weight excluding hydrogens is 236 g/mol. The standard InChI is InChI=1S/C11H18N4O3/c1-14(7-2-4-10(16)17)11(18)12-6-9-15-8-3-5-13-15/h3,5,8H,2,4,6-7,9H2,1H3,(H,12,18)(H,16,17). The fourth-order valence-corrected chi connectivity index (χ4v) is 1.41. The predicted octanol–water partition coefficient (Wildman–Crippen LogP) is 0.389. The minimum Gasteiger partial charge on any atom is -0.481 e. The van der Waals surface area contributed by atoms with E-state index in [0.29, 0.717) is 26.1 Å². The van der Waals surface area contributed by atoms with Crippen molar-refractivity contribution in [3.05, 3.63) is 18.5 Å². The molecule has 100 valence electrons. The van der Waals surface area contributed by atoms with Crippen molar-refractivity contribution in [3.8, 4) is 0 Å². The van der Waals surface area contributed by atoms with Gasteiger partial charge < -0.3 is 15.3 Å². The third-order valence-electron chi connectivity index (χ3n) is 2.41. The van der Waals surface area contributed by atoms with E-state index in [2.05, 4.69) is 10.4 Å². The first kappa shape index (κ1) is 14.0. The van der Waals surface area contributed by atoms with Gasteiger partial charge >= 0.3 is 12.0 Å². The van der Waals surface area contributed by atoms with Gasteiger partial charge in [0.05, 0.1) is 6.54 Å². The van der Waals surface area contributed by atoms with Crippen LogP contribution in [0.25, 0.3) is 0 Å². The van der Waals surface area contributed by atoms with Crippen molar-refractivity contribution in [2.45, 2.75) is 19.4 Å². The fourth-order valence-electron chi connectivity index (χ4n) is 1.41. The van der Waals surface area contributed by atoms with Crippen molar-refractivity contribution in [1.29, 1.82) is 0 Å². The van der Waals surface area contributed by atoms with E-state index in [-0.39, 0.29) is 12.5 Å². The molecule has 0 atom stereocenters. The molecule has 0 saturated heterocycles. The van der Waals surface area contributed by atoms with E-state index in [4.69, 9.17) is 5.11 Å². The first-order valence-corrected chi connectivity index (χ1v) is 5.78. The lowest BCUT2D eigenvalue weighted by molar-refractivity contribution is -0.137. The molecule has 0 aliphatic heterocycles. The Bertz CT molecular complexity index is 378. The summed E-state index contributed by atoms with van der Waals surface area (Å²) in [6.45, 7) is 1.53. The highest BCUT2D eigenvalue weighted by Crippen LogP contribution is 1.93. The van der Waals surface area contributed by atoms with Gasteiger partial charge in [0.25, 0.3) is 0 Å². The second-order valence-electron chi connectivity index (χ2n) is 3.92. The second-order valence-corrected chi connectivity index (χ2v) is 3.92. The molecule has 0 fully saturated rings. The Kier molecular flexibility index (Phi) is 5.69. The summed E-state index contributed by atoms with van der Waals surface area (Å²) in [6.07, 6.45) is 4.03. The van der Waals surface area contributed by atoms with Crippen molar-refractivity contribution >= 4 is 12.0 Å². The van der Waals surface area contributed by atoms with Crippen molar-refractivity contribution < 1.29 is 14.7 Å². The predicted molar refractivity (Wildman–Crippen MR) is 65.1 cm³/mol. The average molecular weight is 254 g/mol. The number of urea groups is 1. The molecule has 1 aromatic rings. The normalized spacial score (nSPS) is 10.1. The number of aliphatic carboxylic acids is 1. The molecule has 1 heterocycles. The van der Waals surface area contributed by atoms with Gasteiger partial charge in [0.1, 0.15) is 0 Å². The Balaban J connectivity index is 2.13. The number of hydrogen-bond acceptors (Lipinski definition) is 3. The molecule has 1 rings (SSSR count). The Morgan fingerprint density at radius 1 is 1.50 bits per heavy atom. The zero-order valence-corrected chi connectivity index (χ0v) is 10.4. The summed E-state index contributed by atoms with van der Waals surface area (Å²) in [4.78, 5) is 23.4. The summed E-state index contributed by atoms with van der Waals surface area (Å²) in [5.74, 6) is -0.845. The zero-order chi connectivity index (χ0) is 13.4. The number of carboxylic acid groups (broad SMARTS) is 1. The van der Waals surface area contributed by atoms with E-state index in [1.54, 1.807) is 17.9 Å². The van der Waals surface area contributed by atoms with Crippen molar-refractivity contribution in [1.82, 2.24) is 20.0 Å². The number of amides is 2. The number of carbonyl (C=O) groups excluding carboxylic acids is 1. The van der Waals surface area contributed by atoms with Crippen LogP contribution in [0.2, 0.25) is 0 Å². The lowest BCUT2D eigenvalue weighted by Gasteiger charge is -2.17. The van der Waals surface area contributed by atoms with Crippen molar-refractivity contribution in [2.75, 3.05) is 20.1 Å². The van der Waals surface area contributed by atoms with Crippen LogP contribution in [0.1, 0.15) is 12.8 Å². The van der Waals surface area contributed by atoms with E-state index in [1.807, 2.05) is 12.3 Å². The maximum absolute atomic E-state index is 11.6. The molecule has 2 amide bonds. The van der Waals surface area contributed by atoms with Gasteiger partial charge in [-0.1, -0.05) is 0 Å². The molecule has 0 aromatic carbocycles. The Morgan fingerprint density at radius 3 is 2.89 bits per heavy atom. The molecule has 7 nitrogen and oxygen atoms in total. The number of rotatable bonds is 7. The number of hydrogen-bond donors (Lipinski definition) is 2. The maximum Gasteiger partial charge on any atom is 0.317 e.